The number of aromatic nitrogens is 1. The van der Waals surface area contributed by atoms with Gasteiger partial charge >= 0.3 is 11.9 Å². The van der Waals surface area contributed by atoms with Crippen molar-refractivity contribution >= 4 is 29.4 Å². The van der Waals surface area contributed by atoms with E-state index in [2.05, 4.69) is 4.99 Å². The van der Waals surface area contributed by atoms with E-state index in [1.54, 1.807) is 38.3 Å². The first-order valence-corrected chi connectivity index (χ1v) is 11.7. The molecule has 0 aliphatic carbocycles. The van der Waals surface area contributed by atoms with Gasteiger partial charge in [0.25, 0.3) is 5.56 Å². The topological polar surface area (TPSA) is 105 Å². The summed E-state index contributed by atoms with van der Waals surface area (Å²) >= 11 is 1.22. The summed E-state index contributed by atoms with van der Waals surface area (Å²) in [5, 5.41) is 0. The monoisotopic (exact) mass is 508 g/mol. The fraction of sp³-hybridized carbons (Fsp3) is 0.231. The molecule has 36 heavy (non-hydrogen) atoms. The maximum absolute atomic E-state index is 13.7. The third kappa shape index (κ3) is 4.67. The lowest BCUT2D eigenvalue weighted by molar-refractivity contribution is -0.136. The van der Waals surface area contributed by atoms with Gasteiger partial charge in [-0.15, -0.1) is 0 Å². The second-order valence-electron chi connectivity index (χ2n) is 7.85. The van der Waals surface area contributed by atoms with Gasteiger partial charge < -0.3 is 18.9 Å². The Bertz CT molecular complexity index is 1570. The number of esters is 2. The number of fused-ring (bicyclic) bond motifs is 1. The molecule has 0 amide bonds. The quantitative estimate of drug-likeness (QED) is 0.372. The number of carbonyl (C=O) groups is 2. The van der Waals surface area contributed by atoms with Gasteiger partial charge in [-0.1, -0.05) is 29.5 Å². The van der Waals surface area contributed by atoms with E-state index in [0.717, 1.165) is 5.56 Å². The first-order chi connectivity index (χ1) is 17.3. The molecule has 186 valence electrons. The van der Waals surface area contributed by atoms with Crippen LogP contribution in [0.4, 0.5) is 0 Å². The van der Waals surface area contributed by atoms with Gasteiger partial charge in [-0.25, -0.2) is 9.79 Å². The van der Waals surface area contributed by atoms with Crippen molar-refractivity contribution in [2.75, 3.05) is 21.3 Å². The smallest absolute Gasteiger partial charge is 0.338 e. The molecule has 3 aromatic rings. The molecule has 0 spiro atoms. The zero-order valence-corrected chi connectivity index (χ0v) is 21.2. The van der Waals surface area contributed by atoms with Crippen molar-refractivity contribution < 1.29 is 28.5 Å². The van der Waals surface area contributed by atoms with E-state index in [1.165, 1.54) is 37.0 Å². The second-order valence-corrected chi connectivity index (χ2v) is 8.86. The van der Waals surface area contributed by atoms with Gasteiger partial charge in [0.2, 0.25) is 0 Å². The molecule has 1 aliphatic heterocycles. The summed E-state index contributed by atoms with van der Waals surface area (Å²) in [4.78, 5) is 43.0. The summed E-state index contributed by atoms with van der Waals surface area (Å²) in [6, 6.07) is 11.4. The van der Waals surface area contributed by atoms with Crippen LogP contribution in [0, 0.1) is 0 Å². The Labute approximate surface area is 210 Å². The summed E-state index contributed by atoms with van der Waals surface area (Å²) in [7, 11) is 4.29. The van der Waals surface area contributed by atoms with Crippen molar-refractivity contribution in [1.82, 2.24) is 4.57 Å². The number of ether oxygens (including phenoxy) is 4. The minimum atomic E-state index is -0.832. The molecule has 0 unspecified atom stereocenters. The molecule has 1 aromatic heterocycles. The van der Waals surface area contributed by atoms with Gasteiger partial charge in [-0.2, -0.15) is 0 Å². The number of carbonyl (C=O) groups excluding carboxylic acids is 2. The molecule has 0 N–H and O–H groups in total. The highest BCUT2D eigenvalue weighted by atomic mass is 32.1. The molecule has 0 saturated carbocycles. The highest BCUT2D eigenvalue weighted by molar-refractivity contribution is 7.07. The zero-order chi connectivity index (χ0) is 26.0. The normalized spacial score (nSPS) is 15.1. The zero-order valence-electron chi connectivity index (χ0n) is 20.4. The number of benzene rings is 2. The predicted molar refractivity (Wildman–Crippen MR) is 133 cm³/mol. The SMILES string of the molecule is COC(=O)C1=C(C)N=c2s/c(=C/c3cccc(OC)c3)c(=O)n2[C@H]1c1ccc(OC(C)=O)c(OC)c1. The Morgan fingerprint density at radius 1 is 1.06 bits per heavy atom. The maximum atomic E-state index is 13.7. The standard InChI is InChI=1S/C26H24N2O7S/c1-14-22(25(31)34-5)23(17-9-10-19(35-15(2)29)20(13-17)33-4)28-24(30)21(36-26(28)27-14)12-16-7-6-8-18(11-16)32-3/h6-13,23H,1-5H3/b21-12+/t23-/m0/s1. The maximum Gasteiger partial charge on any atom is 0.338 e. The Hall–Kier alpha value is -4.18. The average molecular weight is 509 g/mol. The van der Waals surface area contributed by atoms with Crippen LogP contribution in [-0.2, 0) is 14.3 Å². The van der Waals surface area contributed by atoms with Crippen LogP contribution in [0.5, 0.6) is 17.2 Å². The van der Waals surface area contributed by atoms with E-state index in [1.807, 2.05) is 24.3 Å². The summed E-state index contributed by atoms with van der Waals surface area (Å²) in [6.45, 7) is 2.98. The lowest BCUT2D eigenvalue weighted by atomic mass is 9.95. The summed E-state index contributed by atoms with van der Waals surface area (Å²) in [6.07, 6.45) is 1.75. The van der Waals surface area contributed by atoms with Crippen molar-refractivity contribution in [3.05, 3.63) is 84.5 Å². The number of hydrogen-bond acceptors (Lipinski definition) is 9. The van der Waals surface area contributed by atoms with Gasteiger partial charge in [0.05, 0.1) is 43.2 Å². The molecule has 0 saturated heterocycles. The minimum absolute atomic E-state index is 0.222. The summed E-state index contributed by atoms with van der Waals surface area (Å²) in [5.74, 6) is 0.0571. The van der Waals surface area contributed by atoms with Crippen LogP contribution in [0.2, 0.25) is 0 Å². The van der Waals surface area contributed by atoms with Gasteiger partial charge in [-0.3, -0.25) is 14.2 Å². The van der Waals surface area contributed by atoms with Crippen LogP contribution in [0.25, 0.3) is 6.08 Å². The van der Waals surface area contributed by atoms with E-state index < -0.39 is 18.0 Å². The number of hydrogen-bond donors (Lipinski definition) is 0. The van der Waals surface area contributed by atoms with Crippen LogP contribution in [-0.4, -0.2) is 37.8 Å². The number of nitrogens with zero attached hydrogens (tertiary/aromatic N) is 2. The molecule has 0 radical (unpaired) electrons. The van der Waals surface area contributed by atoms with Crippen molar-refractivity contribution in [2.45, 2.75) is 19.9 Å². The largest absolute Gasteiger partial charge is 0.497 e. The molecule has 0 fully saturated rings. The first-order valence-electron chi connectivity index (χ1n) is 10.9. The fourth-order valence-electron chi connectivity index (χ4n) is 3.98. The first kappa shape index (κ1) is 24.9. The lowest BCUT2D eigenvalue weighted by Gasteiger charge is -2.25. The van der Waals surface area contributed by atoms with E-state index >= 15 is 0 Å². The van der Waals surface area contributed by atoms with Crippen molar-refractivity contribution in [2.24, 2.45) is 4.99 Å². The fourth-order valence-corrected chi connectivity index (χ4v) is 5.03. The van der Waals surface area contributed by atoms with Crippen molar-refractivity contribution in [3.63, 3.8) is 0 Å². The molecular weight excluding hydrogens is 484 g/mol. The molecule has 2 aromatic carbocycles. The minimum Gasteiger partial charge on any atom is -0.497 e. The van der Waals surface area contributed by atoms with Crippen molar-refractivity contribution in [1.29, 1.82) is 0 Å². The molecule has 1 aliphatic rings. The van der Waals surface area contributed by atoms with Crippen LogP contribution < -0.4 is 29.1 Å². The van der Waals surface area contributed by atoms with Gasteiger partial charge in [-0.05, 0) is 48.4 Å². The van der Waals surface area contributed by atoms with Crippen molar-refractivity contribution in [3.8, 4) is 17.2 Å². The van der Waals surface area contributed by atoms with Gasteiger partial charge in [0, 0.05) is 6.92 Å². The third-order valence-corrected chi connectivity index (χ3v) is 6.56. The van der Waals surface area contributed by atoms with Crippen LogP contribution >= 0.6 is 11.3 Å². The van der Waals surface area contributed by atoms with Crippen LogP contribution in [0.1, 0.15) is 31.0 Å². The molecular formula is C26H24N2O7S. The van der Waals surface area contributed by atoms with Crippen LogP contribution in [0.3, 0.4) is 0 Å². The lowest BCUT2D eigenvalue weighted by Crippen LogP contribution is -2.39. The average Bonchev–Trinajstić information content (AvgIpc) is 3.16. The highest BCUT2D eigenvalue weighted by Gasteiger charge is 2.33. The van der Waals surface area contributed by atoms with Gasteiger partial charge in [0.1, 0.15) is 5.75 Å². The summed E-state index contributed by atoms with van der Waals surface area (Å²) < 4.78 is 22.9. The van der Waals surface area contributed by atoms with Gasteiger partial charge in [0.15, 0.2) is 16.3 Å². The predicted octanol–water partition coefficient (Wildman–Crippen LogP) is 2.35. The Kier molecular flexibility index (Phi) is 7.07. The Morgan fingerprint density at radius 2 is 1.83 bits per heavy atom. The Balaban J connectivity index is 1.95. The Morgan fingerprint density at radius 3 is 2.50 bits per heavy atom. The van der Waals surface area contributed by atoms with E-state index in [0.29, 0.717) is 26.3 Å². The van der Waals surface area contributed by atoms with E-state index in [-0.39, 0.29) is 22.6 Å². The molecule has 1 atom stereocenters. The molecule has 9 nitrogen and oxygen atoms in total. The molecule has 0 bridgehead atoms. The second kappa shape index (κ2) is 10.2. The third-order valence-electron chi connectivity index (χ3n) is 5.58. The number of rotatable bonds is 6. The number of allylic oxidation sites excluding steroid dienone is 1. The molecule has 4 rings (SSSR count). The van der Waals surface area contributed by atoms with E-state index in [9.17, 15) is 14.4 Å². The van der Waals surface area contributed by atoms with E-state index in [4.69, 9.17) is 18.9 Å². The molecule has 10 heteroatoms. The number of methoxy groups -OCH3 is 3. The molecule has 2 heterocycles. The van der Waals surface area contributed by atoms with Crippen LogP contribution in [0.15, 0.2) is 63.5 Å². The number of thiazole rings is 1. The highest BCUT2D eigenvalue weighted by Crippen LogP contribution is 2.36. The summed E-state index contributed by atoms with van der Waals surface area (Å²) in [5.41, 5.74) is 1.69.